The van der Waals surface area contributed by atoms with E-state index < -0.39 is 0 Å². The number of rotatable bonds is 5. The summed E-state index contributed by atoms with van der Waals surface area (Å²) in [5, 5.41) is 7.27. The fourth-order valence-corrected chi connectivity index (χ4v) is 3.39. The van der Waals surface area contributed by atoms with Gasteiger partial charge in [-0.25, -0.2) is 4.52 Å². The number of aryl methyl sites for hydroxylation is 1. The number of likely N-dealkylation sites (tertiary alicyclic amines) is 1. The predicted octanol–water partition coefficient (Wildman–Crippen LogP) is 1.52. The Morgan fingerprint density at radius 3 is 3.21 bits per heavy atom. The molecule has 1 aliphatic heterocycles. The Hall–Kier alpha value is -2.54. The van der Waals surface area contributed by atoms with E-state index in [2.05, 4.69) is 15.3 Å². The second-order valence-corrected chi connectivity index (χ2v) is 6.41. The quantitative estimate of drug-likeness (QED) is 0.771. The van der Waals surface area contributed by atoms with E-state index >= 15 is 0 Å². The molecule has 3 aromatic heterocycles. The van der Waals surface area contributed by atoms with Crippen LogP contribution in [0.1, 0.15) is 22.5 Å². The Morgan fingerprint density at radius 2 is 2.38 bits per heavy atom. The summed E-state index contributed by atoms with van der Waals surface area (Å²) in [5.41, 5.74) is 1.44. The fourth-order valence-electron chi connectivity index (χ4n) is 3.39. The summed E-state index contributed by atoms with van der Waals surface area (Å²) in [6.45, 7) is 3.55. The number of aromatic nitrogens is 3. The molecule has 0 radical (unpaired) electrons. The van der Waals surface area contributed by atoms with E-state index in [0.717, 1.165) is 37.5 Å². The minimum Gasteiger partial charge on any atom is -0.468 e. The summed E-state index contributed by atoms with van der Waals surface area (Å²) >= 11 is 0. The van der Waals surface area contributed by atoms with Gasteiger partial charge in [0.1, 0.15) is 17.0 Å². The monoisotopic (exact) mass is 327 g/mol. The molecule has 7 nitrogen and oxygen atoms in total. The van der Waals surface area contributed by atoms with Crippen LogP contribution in [0.15, 0.2) is 41.4 Å². The topological polar surface area (TPSA) is 67.7 Å². The van der Waals surface area contributed by atoms with Crippen molar-refractivity contribution in [3.05, 3.63) is 48.3 Å². The fraction of sp³-hybridized carbons (Fsp3) is 0.412. The third-order valence-corrected chi connectivity index (χ3v) is 4.66. The number of furan rings is 1. The highest BCUT2D eigenvalue weighted by Gasteiger charge is 2.24. The number of imidazole rings is 1. The molecule has 126 valence electrons. The first-order valence-electron chi connectivity index (χ1n) is 8.22. The smallest absolute Gasteiger partial charge is 0.256 e. The molecule has 0 saturated carbocycles. The number of amides is 1. The van der Waals surface area contributed by atoms with Gasteiger partial charge in [0.15, 0.2) is 0 Å². The van der Waals surface area contributed by atoms with Crippen LogP contribution >= 0.6 is 0 Å². The number of hydrogen-bond donors (Lipinski definition) is 1. The molecular weight excluding hydrogens is 306 g/mol. The van der Waals surface area contributed by atoms with E-state index in [1.54, 1.807) is 17.0 Å². The van der Waals surface area contributed by atoms with Gasteiger partial charge in [-0.2, -0.15) is 5.10 Å². The number of carbonyl (C=O) groups excluding carboxylic acids is 1. The van der Waals surface area contributed by atoms with Crippen molar-refractivity contribution in [1.29, 1.82) is 0 Å². The number of nitrogens with zero attached hydrogens (tertiary/aromatic N) is 4. The molecule has 1 aliphatic rings. The van der Waals surface area contributed by atoms with Gasteiger partial charge in [-0.3, -0.25) is 9.69 Å². The molecule has 4 heterocycles. The molecule has 1 saturated heterocycles. The zero-order valence-electron chi connectivity index (χ0n) is 13.7. The maximum absolute atomic E-state index is 12.5. The average molecular weight is 327 g/mol. The normalized spacial score (nSPS) is 18.5. The molecule has 1 amide bonds. The largest absolute Gasteiger partial charge is 0.468 e. The van der Waals surface area contributed by atoms with Gasteiger partial charge in [-0.15, -0.1) is 0 Å². The van der Waals surface area contributed by atoms with E-state index in [4.69, 9.17) is 4.42 Å². The van der Waals surface area contributed by atoms with Crippen molar-refractivity contribution < 1.29 is 9.21 Å². The molecular formula is C17H21N5O2. The number of fused-ring (bicyclic) bond motifs is 1. The Balaban J connectivity index is 1.32. The van der Waals surface area contributed by atoms with Crippen LogP contribution in [0.4, 0.5) is 0 Å². The van der Waals surface area contributed by atoms with Gasteiger partial charge < -0.3 is 14.3 Å². The third kappa shape index (κ3) is 2.82. The molecule has 3 aromatic rings. The zero-order valence-corrected chi connectivity index (χ0v) is 13.7. The Kier molecular flexibility index (Phi) is 3.86. The summed E-state index contributed by atoms with van der Waals surface area (Å²) in [5.74, 6) is 1.41. The van der Waals surface area contributed by atoms with E-state index in [1.807, 2.05) is 36.1 Å². The summed E-state index contributed by atoms with van der Waals surface area (Å²) in [4.78, 5) is 14.8. The van der Waals surface area contributed by atoms with E-state index in [1.165, 1.54) is 0 Å². The van der Waals surface area contributed by atoms with Crippen molar-refractivity contribution in [2.45, 2.75) is 13.0 Å². The van der Waals surface area contributed by atoms with Crippen molar-refractivity contribution in [3.63, 3.8) is 0 Å². The van der Waals surface area contributed by atoms with Gasteiger partial charge in [-0.1, -0.05) is 0 Å². The zero-order chi connectivity index (χ0) is 16.5. The summed E-state index contributed by atoms with van der Waals surface area (Å²) in [6.07, 6.45) is 8.16. The van der Waals surface area contributed by atoms with Gasteiger partial charge in [0, 0.05) is 32.5 Å². The third-order valence-electron chi connectivity index (χ3n) is 4.66. The van der Waals surface area contributed by atoms with Crippen LogP contribution in [0.2, 0.25) is 0 Å². The predicted molar refractivity (Wildman–Crippen MR) is 88.6 cm³/mol. The SMILES string of the molecule is Cn1ccn2ncc(C(=O)NCC3CCN(Cc4ccco4)C3)c12. The maximum Gasteiger partial charge on any atom is 0.256 e. The first-order valence-corrected chi connectivity index (χ1v) is 8.22. The molecule has 0 aliphatic carbocycles. The molecule has 1 fully saturated rings. The highest BCUT2D eigenvalue weighted by molar-refractivity contribution is 5.99. The van der Waals surface area contributed by atoms with Crippen molar-refractivity contribution >= 4 is 11.6 Å². The van der Waals surface area contributed by atoms with Gasteiger partial charge in [0.25, 0.3) is 5.91 Å². The second-order valence-electron chi connectivity index (χ2n) is 6.41. The Morgan fingerprint density at radius 1 is 1.46 bits per heavy atom. The lowest BCUT2D eigenvalue weighted by Crippen LogP contribution is -2.31. The number of nitrogens with one attached hydrogen (secondary N) is 1. The van der Waals surface area contributed by atoms with Gasteiger partial charge in [-0.05, 0) is 31.0 Å². The maximum atomic E-state index is 12.5. The first-order chi connectivity index (χ1) is 11.7. The molecule has 1 atom stereocenters. The molecule has 7 heteroatoms. The minimum atomic E-state index is -0.0590. The Labute approximate surface area is 139 Å². The van der Waals surface area contributed by atoms with E-state index in [-0.39, 0.29) is 5.91 Å². The molecule has 0 bridgehead atoms. The van der Waals surface area contributed by atoms with Crippen molar-refractivity contribution in [2.75, 3.05) is 19.6 Å². The highest BCUT2D eigenvalue weighted by atomic mass is 16.3. The van der Waals surface area contributed by atoms with Crippen LogP contribution in [0, 0.1) is 5.92 Å². The van der Waals surface area contributed by atoms with Crippen LogP contribution in [0.5, 0.6) is 0 Å². The number of hydrogen-bond acceptors (Lipinski definition) is 4. The van der Waals surface area contributed by atoms with Crippen LogP contribution in [-0.4, -0.2) is 44.6 Å². The van der Waals surface area contributed by atoms with Crippen molar-refractivity contribution in [1.82, 2.24) is 24.4 Å². The lowest BCUT2D eigenvalue weighted by Gasteiger charge is -2.14. The van der Waals surface area contributed by atoms with Crippen molar-refractivity contribution in [3.8, 4) is 0 Å². The number of carbonyl (C=O) groups is 1. The summed E-state index contributed by atoms with van der Waals surface area (Å²) < 4.78 is 9.02. The minimum absolute atomic E-state index is 0.0590. The van der Waals surface area contributed by atoms with Gasteiger partial charge in [0.2, 0.25) is 0 Å². The van der Waals surface area contributed by atoms with Crippen LogP contribution in [-0.2, 0) is 13.6 Å². The van der Waals surface area contributed by atoms with Gasteiger partial charge in [0.05, 0.1) is 19.0 Å². The van der Waals surface area contributed by atoms with E-state index in [9.17, 15) is 4.79 Å². The van der Waals surface area contributed by atoms with Crippen LogP contribution in [0.3, 0.4) is 0 Å². The highest BCUT2D eigenvalue weighted by Crippen LogP contribution is 2.18. The Bertz CT molecular complexity index is 833. The summed E-state index contributed by atoms with van der Waals surface area (Å²) in [6, 6.07) is 3.92. The lowest BCUT2D eigenvalue weighted by molar-refractivity contribution is 0.0948. The van der Waals surface area contributed by atoms with E-state index in [0.29, 0.717) is 18.0 Å². The molecule has 4 rings (SSSR count). The summed E-state index contributed by atoms with van der Waals surface area (Å²) in [7, 11) is 1.91. The standard InChI is InChI=1S/C17H21N5O2/c1-20-6-7-22-17(20)15(10-19-22)16(23)18-9-13-4-5-21(11-13)12-14-3-2-8-24-14/h2-3,6-8,10,13H,4-5,9,11-12H2,1H3,(H,18,23). The molecule has 0 aromatic carbocycles. The second kappa shape index (κ2) is 6.16. The first kappa shape index (κ1) is 15.0. The van der Waals surface area contributed by atoms with Gasteiger partial charge >= 0.3 is 0 Å². The van der Waals surface area contributed by atoms with Crippen molar-refractivity contribution in [2.24, 2.45) is 13.0 Å². The molecule has 0 spiro atoms. The van der Waals surface area contributed by atoms with Crippen LogP contribution < -0.4 is 5.32 Å². The average Bonchev–Trinajstić information content (AvgIpc) is 3.33. The molecule has 1 unspecified atom stereocenters. The lowest BCUT2D eigenvalue weighted by atomic mass is 10.1. The van der Waals surface area contributed by atoms with Crippen LogP contribution in [0.25, 0.3) is 5.65 Å². The molecule has 1 N–H and O–H groups in total. The molecule has 24 heavy (non-hydrogen) atoms.